The van der Waals surface area contributed by atoms with Crippen LogP contribution in [0.1, 0.15) is 46.0 Å². The summed E-state index contributed by atoms with van der Waals surface area (Å²) in [7, 11) is 0. The second-order valence-corrected chi connectivity index (χ2v) is 5.22. The lowest BCUT2D eigenvalue weighted by Gasteiger charge is -2.21. The van der Waals surface area contributed by atoms with E-state index in [1.165, 1.54) is 19.3 Å². The molecule has 0 aromatic rings. The van der Waals surface area contributed by atoms with Gasteiger partial charge in [-0.3, -0.25) is 0 Å². The first kappa shape index (κ1) is 11.7. The first-order valence-electron chi connectivity index (χ1n) is 6.81. The number of rotatable bonds is 4. The third-order valence-corrected chi connectivity index (χ3v) is 4.14. The molecular formula is C16H24. The van der Waals surface area contributed by atoms with Crippen LogP contribution in [-0.2, 0) is 0 Å². The van der Waals surface area contributed by atoms with Crippen LogP contribution >= 0.6 is 0 Å². The van der Waals surface area contributed by atoms with Crippen LogP contribution < -0.4 is 0 Å². The number of fused-ring (bicyclic) bond motifs is 2. The van der Waals surface area contributed by atoms with Crippen LogP contribution in [0.5, 0.6) is 0 Å². The number of allylic oxidation sites excluding steroid dienone is 6. The average Bonchev–Trinajstić information content (AvgIpc) is 2.87. The highest BCUT2D eigenvalue weighted by Crippen LogP contribution is 2.51. The van der Waals surface area contributed by atoms with Crippen LogP contribution in [0.25, 0.3) is 0 Å². The molecule has 2 aliphatic rings. The van der Waals surface area contributed by atoms with Gasteiger partial charge in [-0.1, -0.05) is 42.9 Å². The Morgan fingerprint density at radius 2 is 2.06 bits per heavy atom. The van der Waals surface area contributed by atoms with Crippen LogP contribution in [0.3, 0.4) is 0 Å². The Balaban J connectivity index is 1.85. The van der Waals surface area contributed by atoms with Crippen molar-refractivity contribution >= 4 is 0 Å². The Kier molecular flexibility index (Phi) is 4.04. The van der Waals surface area contributed by atoms with Gasteiger partial charge in [0.2, 0.25) is 0 Å². The van der Waals surface area contributed by atoms with Gasteiger partial charge in [0.15, 0.2) is 0 Å². The smallest absolute Gasteiger partial charge is 0.0137 e. The highest BCUT2D eigenvalue weighted by molar-refractivity contribution is 5.21. The molecule has 1 unspecified atom stereocenters. The fourth-order valence-corrected chi connectivity index (χ4v) is 3.40. The maximum Gasteiger partial charge on any atom is -0.0137 e. The van der Waals surface area contributed by atoms with E-state index in [-0.39, 0.29) is 0 Å². The van der Waals surface area contributed by atoms with Gasteiger partial charge in [-0.05, 0) is 56.8 Å². The largest absolute Gasteiger partial charge is 0.0885 e. The molecule has 0 nitrogen and oxygen atoms in total. The molecule has 0 radical (unpaired) electrons. The maximum absolute atomic E-state index is 2.48. The lowest BCUT2D eigenvalue weighted by Crippen LogP contribution is -2.10. The Labute approximate surface area is 100 Å². The standard InChI is InChI=1S/C16H24/c1-3-5-6-7-8-9-15-11-13-10-14(4-2)16(15)12-13/h4-6,8-9,13,15-16H,3,7,10-12H2,1-2H3/b6-5-,9-8+,14-4-/t13-,15?,16+/m0/s1. The molecule has 0 heterocycles. The Hall–Kier alpha value is -0.780. The minimum Gasteiger partial charge on any atom is -0.0885 e. The molecule has 0 aromatic heterocycles. The molecule has 16 heavy (non-hydrogen) atoms. The predicted octanol–water partition coefficient (Wildman–Crippen LogP) is 4.89. The fourth-order valence-electron chi connectivity index (χ4n) is 3.40. The van der Waals surface area contributed by atoms with Crippen molar-refractivity contribution in [1.82, 2.24) is 0 Å². The number of hydrogen-bond donors (Lipinski definition) is 0. The lowest BCUT2D eigenvalue weighted by atomic mass is 9.84. The SMILES string of the molecule is C/C=C1/C[C@H]2CC(/C=C/C/C=C\CC)[C@@H]1C2. The van der Waals surface area contributed by atoms with Gasteiger partial charge in [0.1, 0.15) is 0 Å². The summed E-state index contributed by atoms with van der Waals surface area (Å²) >= 11 is 0. The van der Waals surface area contributed by atoms with Crippen molar-refractivity contribution in [2.24, 2.45) is 17.8 Å². The third kappa shape index (κ3) is 2.48. The van der Waals surface area contributed by atoms with E-state index in [2.05, 4.69) is 44.2 Å². The monoisotopic (exact) mass is 216 g/mol. The molecule has 2 saturated carbocycles. The summed E-state index contributed by atoms with van der Waals surface area (Å²) < 4.78 is 0. The first-order valence-corrected chi connectivity index (χ1v) is 6.81. The molecule has 0 aliphatic heterocycles. The van der Waals surface area contributed by atoms with Crippen molar-refractivity contribution in [3.05, 3.63) is 36.0 Å². The molecule has 88 valence electrons. The summed E-state index contributed by atoms with van der Waals surface area (Å²) in [6.07, 6.45) is 18.3. The molecule has 0 saturated heterocycles. The summed E-state index contributed by atoms with van der Waals surface area (Å²) in [5.41, 5.74) is 1.73. The summed E-state index contributed by atoms with van der Waals surface area (Å²) in [6.45, 7) is 4.40. The molecule has 0 N–H and O–H groups in total. The molecule has 0 aromatic carbocycles. The number of hydrogen-bond acceptors (Lipinski definition) is 0. The van der Waals surface area contributed by atoms with Crippen LogP contribution in [-0.4, -0.2) is 0 Å². The average molecular weight is 216 g/mol. The van der Waals surface area contributed by atoms with E-state index >= 15 is 0 Å². The predicted molar refractivity (Wildman–Crippen MR) is 71.3 cm³/mol. The minimum absolute atomic E-state index is 0.847. The van der Waals surface area contributed by atoms with Crippen molar-refractivity contribution in [1.29, 1.82) is 0 Å². The molecule has 0 heteroatoms. The van der Waals surface area contributed by atoms with Crippen molar-refractivity contribution in [3.63, 3.8) is 0 Å². The van der Waals surface area contributed by atoms with Crippen LogP contribution in [0.4, 0.5) is 0 Å². The zero-order chi connectivity index (χ0) is 11.4. The highest BCUT2D eigenvalue weighted by atomic mass is 14.5. The molecule has 0 amide bonds. The van der Waals surface area contributed by atoms with E-state index < -0.39 is 0 Å². The summed E-state index contributed by atoms with van der Waals surface area (Å²) in [5, 5.41) is 0. The van der Waals surface area contributed by atoms with Gasteiger partial charge in [-0.2, -0.15) is 0 Å². The van der Waals surface area contributed by atoms with Gasteiger partial charge < -0.3 is 0 Å². The topological polar surface area (TPSA) is 0 Å². The molecule has 2 fully saturated rings. The van der Waals surface area contributed by atoms with E-state index in [0.717, 1.165) is 30.6 Å². The third-order valence-electron chi connectivity index (χ3n) is 4.14. The van der Waals surface area contributed by atoms with Gasteiger partial charge in [-0.25, -0.2) is 0 Å². The van der Waals surface area contributed by atoms with Crippen LogP contribution in [0.2, 0.25) is 0 Å². The quantitative estimate of drug-likeness (QED) is 0.587. The maximum atomic E-state index is 2.48. The molecule has 2 rings (SSSR count). The molecule has 3 atom stereocenters. The van der Waals surface area contributed by atoms with Gasteiger partial charge in [0, 0.05) is 0 Å². The van der Waals surface area contributed by atoms with Crippen molar-refractivity contribution in [2.45, 2.75) is 46.0 Å². The van der Waals surface area contributed by atoms with E-state index in [9.17, 15) is 0 Å². The van der Waals surface area contributed by atoms with E-state index in [4.69, 9.17) is 0 Å². The van der Waals surface area contributed by atoms with Gasteiger partial charge >= 0.3 is 0 Å². The van der Waals surface area contributed by atoms with Gasteiger partial charge in [0.05, 0.1) is 0 Å². The second kappa shape index (κ2) is 5.52. The zero-order valence-corrected chi connectivity index (χ0v) is 10.7. The van der Waals surface area contributed by atoms with E-state index in [1.54, 1.807) is 5.57 Å². The lowest BCUT2D eigenvalue weighted by molar-refractivity contribution is 0.472. The summed E-state index contributed by atoms with van der Waals surface area (Å²) in [4.78, 5) is 0. The minimum atomic E-state index is 0.847. The summed E-state index contributed by atoms with van der Waals surface area (Å²) in [5.74, 6) is 2.73. The normalized spacial score (nSPS) is 36.1. The zero-order valence-electron chi connectivity index (χ0n) is 10.7. The first-order chi connectivity index (χ1) is 7.85. The van der Waals surface area contributed by atoms with E-state index in [1.807, 2.05) is 0 Å². The van der Waals surface area contributed by atoms with Gasteiger partial charge in [-0.15, -0.1) is 0 Å². The molecular weight excluding hydrogens is 192 g/mol. The molecule has 0 spiro atoms. The van der Waals surface area contributed by atoms with Crippen molar-refractivity contribution in [3.8, 4) is 0 Å². The fraction of sp³-hybridized carbons (Fsp3) is 0.625. The Morgan fingerprint density at radius 1 is 1.19 bits per heavy atom. The molecule has 2 bridgehead atoms. The van der Waals surface area contributed by atoms with Crippen molar-refractivity contribution < 1.29 is 0 Å². The molecule has 2 aliphatic carbocycles. The Morgan fingerprint density at radius 3 is 2.75 bits per heavy atom. The van der Waals surface area contributed by atoms with Crippen molar-refractivity contribution in [2.75, 3.05) is 0 Å². The van der Waals surface area contributed by atoms with Crippen LogP contribution in [0, 0.1) is 17.8 Å². The van der Waals surface area contributed by atoms with E-state index in [0.29, 0.717) is 0 Å². The Bertz CT molecular complexity index is 306. The second-order valence-electron chi connectivity index (χ2n) is 5.22. The summed E-state index contributed by atoms with van der Waals surface area (Å²) in [6, 6.07) is 0. The van der Waals surface area contributed by atoms with Crippen LogP contribution in [0.15, 0.2) is 36.0 Å². The van der Waals surface area contributed by atoms with Gasteiger partial charge in [0.25, 0.3) is 0 Å². The highest BCUT2D eigenvalue weighted by Gasteiger charge is 2.40.